The number of halogens is 3. The Morgan fingerprint density at radius 3 is 1.88 bits per heavy atom. The molecule has 0 saturated heterocycles. The Balaban J connectivity index is 2.12. The zero-order valence-electron chi connectivity index (χ0n) is 13.9. The number of hydrogen-bond acceptors (Lipinski definition) is 2. The van der Waals surface area contributed by atoms with Crippen molar-refractivity contribution in [2.45, 2.75) is 57.5 Å². The molecule has 3 nitrogen and oxygen atoms in total. The number of alkyl halides is 3. The molecule has 0 aromatic heterocycles. The fourth-order valence-electron chi connectivity index (χ4n) is 2.41. The summed E-state index contributed by atoms with van der Waals surface area (Å²) in [5, 5.41) is 11.4. The minimum atomic E-state index is -4.38. The molecular formula is C18H26F3NO2. The van der Waals surface area contributed by atoms with E-state index in [1.165, 1.54) is 12.1 Å². The van der Waals surface area contributed by atoms with Crippen molar-refractivity contribution >= 4 is 5.91 Å². The molecule has 0 aliphatic carbocycles. The monoisotopic (exact) mass is 345 g/mol. The molecule has 0 spiro atoms. The van der Waals surface area contributed by atoms with Crippen LogP contribution in [0.2, 0.25) is 0 Å². The summed E-state index contributed by atoms with van der Waals surface area (Å²) in [6, 6.07) is 4.24. The highest BCUT2D eigenvalue weighted by Crippen LogP contribution is 2.29. The smallest absolute Gasteiger partial charge is 0.396 e. The van der Waals surface area contributed by atoms with Gasteiger partial charge in [-0.3, -0.25) is 4.79 Å². The van der Waals surface area contributed by atoms with E-state index in [2.05, 4.69) is 5.32 Å². The Morgan fingerprint density at radius 2 is 1.38 bits per heavy atom. The van der Waals surface area contributed by atoms with Gasteiger partial charge in [-0.25, -0.2) is 0 Å². The molecule has 1 amide bonds. The highest BCUT2D eigenvalue weighted by atomic mass is 19.4. The molecule has 0 bridgehead atoms. The molecule has 0 aliphatic rings. The van der Waals surface area contributed by atoms with Gasteiger partial charge in [0, 0.05) is 18.7 Å². The van der Waals surface area contributed by atoms with Crippen LogP contribution in [0, 0.1) is 0 Å². The Labute approximate surface area is 141 Å². The zero-order valence-corrected chi connectivity index (χ0v) is 13.9. The number of hydrogen-bond donors (Lipinski definition) is 2. The van der Waals surface area contributed by atoms with Crippen molar-refractivity contribution in [2.24, 2.45) is 0 Å². The van der Waals surface area contributed by atoms with Crippen molar-refractivity contribution in [2.75, 3.05) is 13.2 Å². The van der Waals surface area contributed by atoms with Gasteiger partial charge in [0.15, 0.2) is 0 Å². The van der Waals surface area contributed by atoms with Crippen molar-refractivity contribution in [1.29, 1.82) is 0 Å². The van der Waals surface area contributed by atoms with Gasteiger partial charge in [0.1, 0.15) is 0 Å². The molecule has 0 atom stereocenters. The molecular weight excluding hydrogens is 319 g/mol. The van der Waals surface area contributed by atoms with E-state index in [1.54, 1.807) is 0 Å². The summed E-state index contributed by atoms with van der Waals surface area (Å²) in [4.78, 5) is 11.8. The lowest BCUT2D eigenvalue weighted by atomic mass is 10.1. The maximum absolute atomic E-state index is 12.4. The summed E-state index contributed by atoms with van der Waals surface area (Å²) >= 11 is 0. The van der Waals surface area contributed by atoms with Crippen molar-refractivity contribution in [3.8, 4) is 0 Å². The van der Waals surface area contributed by atoms with Crippen molar-refractivity contribution < 1.29 is 23.1 Å². The minimum Gasteiger partial charge on any atom is -0.396 e. The first kappa shape index (κ1) is 20.5. The largest absolute Gasteiger partial charge is 0.416 e. The predicted octanol–water partition coefficient (Wildman–Crippen LogP) is 4.55. The highest BCUT2D eigenvalue weighted by molar-refractivity contribution is 5.94. The molecule has 1 aromatic carbocycles. The molecule has 0 fully saturated rings. The number of unbranched alkanes of at least 4 members (excludes halogenated alkanes) is 7. The van der Waals surface area contributed by atoms with Crippen LogP contribution in [0.15, 0.2) is 24.3 Å². The third kappa shape index (κ3) is 8.34. The lowest BCUT2D eigenvalue weighted by molar-refractivity contribution is -0.137. The first-order valence-corrected chi connectivity index (χ1v) is 8.51. The average molecular weight is 345 g/mol. The first-order chi connectivity index (χ1) is 11.4. The molecule has 24 heavy (non-hydrogen) atoms. The maximum atomic E-state index is 12.4. The fraction of sp³-hybridized carbons (Fsp3) is 0.611. The maximum Gasteiger partial charge on any atom is 0.416 e. The molecule has 1 aromatic rings. The van der Waals surface area contributed by atoms with Crippen LogP contribution in [0.3, 0.4) is 0 Å². The molecule has 0 unspecified atom stereocenters. The molecule has 0 saturated carbocycles. The number of amides is 1. The van der Waals surface area contributed by atoms with E-state index >= 15 is 0 Å². The second kappa shape index (κ2) is 11.1. The molecule has 6 heteroatoms. The minimum absolute atomic E-state index is 0.242. The number of benzene rings is 1. The molecule has 1 rings (SSSR count). The quantitative estimate of drug-likeness (QED) is 0.578. The normalized spacial score (nSPS) is 11.5. The van der Waals surface area contributed by atoms with Gasteiger partial charge < -0.3 is 10.4 Å². The second-order valence-electron chi connectivity index (χ2n) is 5.88. The molecule has 0 aliphatic heterocycles. The van der Waals surface area contributed by atoms with Gasteiger partial charge in [0.25, 0.3) is 5.91 Å². The van der Waals surface area contributed by atoms with Gasteiger partial charge in [-0.2, -0.15) is 13.2 Å². The van der Waals surface area contributed by atoms with Crippen molar-refractivity contribution in [3.05, 3.63) is 35.4 Å². The van der Waals surface area contributed by atoms with Gasteiger partial charge in [-0.15, -0.1) is 0 Å². The van der Waals surface area contributed by atoms with E-state index in [-0.39, 0.29) is 18.1 Å². The summed E-state index contributed by atoms with van der Waals surface area (Å²) in [6.45, 7) is 0.795. The lowest BCUT2D eigenvalue weighted by Crippen LogP contribution is -2.24. The van der Waals surface area contributed by atoms with Crippen LogP contribution in [-0.2, 0) is 6.18 Å². The number of aliphatic hydroxyl groups is 1. The van der Waals surface area contributed by atoms with E-state index in [1.807, 2.05) is 0 Å². The van der Waals surface area contributed by atoms with Gasteiger partial charge in [-0.05, 0) is 37.1 Å². The third-order valence-electron chi connectivity index (χ3n) is 3.84. The Hall–Kier alpha value is -1.56. The molecule has 0 heterocycles. The summed E-state index contributed by atoms with van der Waals surface area (Å²) in [5.74, 6) is -0.340. The number of nitrogens with one attached hydrogen (secondary N) is 1. The number of carbonyl (C=O) groups is 1. The summed E-state index contributed by atoms with van der Waals surface area (Å²) < 4.78 is 37.3. The number of carbonyl (C=O) groups excluding carboxylic acids is 1. The third-order valence-corrected chi connectivity index (χ3v) is 3.84. The highest BCUT2D eigenvalue weighted by Gasteiger charge is 2.30. The summed E-state index contributed by atoms with van der Waals surface area (Å²) in [6.07, 6.45) is 4.01. The van der Waals surface area contributed by atoms with E-state index in [4.69, 9.17) is 5.11 Å². The van der Waals surface area contributed by atoms with Crippen LogP contribution in [0.5, 0.6) is 0 Å². The predicted molar refractivity (Wildman–Crippen MR) is 87.8 cm³/mol. The van der Waals surface area contributed by atoms with Crippen molar-refractivity contribution in [3.63, 3.8) is 0 Å². The van der Waals surface area contributed by atoms with Crippen molar-refractivity contribution in [1.82, 2.24) is 5.32 Å². The first-order valence-electron chi connectivity index (χ1n) is 8.51. The van der Waals surface area contributed by atoms with Crippen LogP contribution >= 0.6 is 0 Å². The van der Waals surface area contributed by atoms with Crippen LogP contribution < -0.4 is 5.32 Å². The molecule has 0 radical (unpaired) electrons. The Morgan fingerprint density at radius 1 is 0.875 bits per heavy atom. The van der Waals surface area contributed by atoms with Crippen LogP contribution in [-0.4, -0.2) is 24.2 Å². The number of aliphatic hydroxyl groups excluding tert-OH is 1. The topological polar surface area (TPSA) is 49.3 Å². The van der Waals surface area contributed by atoms with E-state index in [9.17, 15) is 18.0 Å². The zero-order chi connectivity index (χ0) is 17.8. The second-order valence-corrected chi connectivity index (χ2v) is 5.88. The van der Waals surface area contributed by atoms with Crippen LogP contribution in [0.25, 0.3) is 0 Å². The van der Waals surface area contributed by atoms with E-state index in [0.29, 0.717) is 6.54 Å². The summed E-state index contributed by atoms with van der Waals surface area (Å²) in [5.41, 5.74) is -0.509. The average Bonchev–Trinajstić information content (AvgIpc) is 2.55. The summed E-state index contributed by atoms with van der Waals surface area (Å²) in [7, 11) is 0. The standard InChI is InChI=1S/C18H26F3NO2/c19-18(20,21)16-11-9-15(10-12-16)17(24)22-13-7-5-3-1-2-4-6-8-14-23/h9-12,23H,1-8,13-14H2,(H,22,24). The Bertz CT molecular complexity index is 472. The lowest BCUT2D eigenvalue weighted by Gasteiger charge is -2.08. The van der Waals surface area contributed by atoms with Gasteiger partial charge in [0.05, 0.1) is 5.56 Å². The fourth-order valence-corrected chi connectivity index (χ4v) is 2.41. The molecule has 136 valence electrons. The van der Waals surface area contributed by atoms with E-state index < -0.39 is 11.7 Å². The molecule has 2 N–H and O–H groups in total. The van der Waals surface area contributed by atoms with Crippen LogP contribution in [0.4, 0.5) is 13.2 Å². The van der Waals surface area contributed by atoms with Gasteiger partial charge in [0.2, 0.25) is 0 Å². The number of rotatable bonds is 11. The Kier molecular flexibility index (Phi) is 9.45. The van der Waals surface area contributed by atoms with E-state index in [0.717, 1.165) is 63.5 Å². The van der Waals surface area contributed by atoms with Gasteiger partial charge >= 0.3 is 6.18 Å². The SMILES string of the molecule is O=C(NCCCCCCCCCCO)c1ccc(C(F)(F)F)cc1. The van der Waals surface area contributed by atoms with Crippen LogP contribution in [0.1, 0.15) is 67.3 Å². The van der Waals surface area contributed by atoms with Gasteiger partial charge in [-0.1, -0.05) is 38.5 Å².